The minimum atomic E-state index is -0.338. The van der Waals surface area contributed by atoms with Crippen molar-refractivity contribution in [1.29, 1.82) is 0 Å². The summed E-state index contributed by atoms with van der Waals surface area (Å²) < 4.78 is 12.8. The lowest BCUT2D eigenvalue weighted by atomic mass is 9.98. The van der Waals surface area contributed by atoms with Crippen LogP contribution in [0, 0.1) is 5.82 Å². The summed E-state index contributed by atoms with van der Waals surface area (Å²) in [5, 5.41) is 2.75. The average Bonchev–Trinajstić information content (AvgIpc) is 2.41. The lowest BCUT2D eigenvalue weighted by Gasteiger charge is -2.35. The molecule has 1 fully saturated rings. The van der Waals surface area contributed by atoms with E-state index in [1.54, 1.807) is 11.8 Å². The van der Waals surface area contributed by atoms with Crippen LogP contribution in [0.25, 0.3) is 0 Å². The van der Waals surface area contributed by atoms with Gasteiger partial charge in [-0.15, -0.1) is 0 Å². The molecule has 1 aromatic carbocycles. The normalized spacial score (nSPS) is 18.7. The number of nitrogens with one attached hydrogen (secondary N) is 1. The molecule has 0 bridgehead atoms. The highest BCUT2D eigenvalue weighted by molar-refractivity contribution is 5.90. The van der Waals surface area contributed by atoms with Gasteiger partial charge in [0, 0.05) is 24.7 Å². The fraction of sp³-hybridized carbons (Fsp3) is 0.467. The highest BCUT2D eigenvalue weighted by Crippen LogP contribution is 2.21. The second-order valence-electron chi connectivity index (χ2n) is 5.19. The topological polar surface area (TPSA) is 49.4 Å². The summed E-state index contributed by atoms with van der Waals surface area (Å²) in [5.74, 6) is -0.244. The van der Waals surface area contributed by atoms with E-state index < -0.39 is 0 Å². The Kier molecular flexibility index (Phi) is 4.71. The number of carbonyl (C=O) groups excluding carboxylic acids is 2. The molecule has 2 rings (SSSR count). The molecule has 2 amide bonds. The van der Waals surface area contributed by atoms with Gasteiger partial charge in [-0.3, -0.25) is 4.79 Å². The molecule has 1 N–H and O–H groups in total. The van der Waals surface area contributed by atoms with Crippen molar-refractivity contribution in [1.82, 2.24) is 4.90 Å². The van der Waals surface area contributed by atoms with Crippen LogP contribution in [-0.4, -0.2) is 29.3 Å². The molecule has 4 nitrogen and oxygen atoms in total. The van der Waals surface area contributed by atoms with Gasteiger partial charge in [-0.05, 0) is 50.5 Å². The quantitative estimate of drug-likeness (QED) is 0.923. The van der Waals surface area contributed by atoms with E-state index in [9.17, 15) is 14.0 Å². The minimum absolute atomic E-state index is 0.0262. The van der Waals surface area contributed by atoms with Crippen LogP contribution in [-0.2, 0) is 4.79 Å². The number of amides is 2. The van der Waals surface area contributed by atoms with E-state index in [4.69, 9.17) is 0 Å². The summed E-state index contributed by atoms with van der Waals surface area (Å²) in [5.41, 5.74) is 0.559. The molecule has 1 aliphatic rings. The molecule has 1 aromatic rings. The molecular weight excluding hydrogens is 259 g/mol. The lowest BCUT2D eigenvalue weighted by Crippen LogP contribution is -2.46. The Balaban J connectivity index is 2.01. The van der Waals surface area contributed by atoms with Crippen LogP contribution in [0.15, 0.2) is 24.3 Å². The molecule has 1 heterocycles. The first-order valence-corrected chi connectivity index (χ1v) is 6.89. The predicted octanol–water partition coefficient (Wildman–Crippen LogP) is 3.19. The highest BCUT2D eigenvalue weighted by atomic mass is 19.1. The smallest absolute Gasteiger partial charge is 0.321 e. The first-order chi connectivity index (χ1) is 9.56. The molecule has 1 aliphatic heterocycles. The molecular formula is C15H19FN2O2. The molecule has 1 saturated heterocycles. The number of carbonyl (C=O) groups is 2. The third-order valence-corrected chi connectivity index (χ3v) is 3.51. The van der Waals surface area contributed by atoms with Gasteiger partial charge in [0.1, 0.15) is 11.6 Å². The van der Waals surface area contributed by atoms with Crippen molar-refractivity contribution in [3.63, 3.8) is 0 Å². The Bertz CT molecular complexity index is 487. The van der Waals surface area contributed by atoms with Crippen LogP contribution in [0.2, 0.25) is 0 Å². The number of anilines is 1. The van der Waals surface area contributed by atoms with E-state index in [0.717, 1.165) is 19.3 Å². The van der Waals surface area contributed by atoms with E-state index in [1.807, 2.05) is 0 Å². The summed E-state index contributed by atoms with van der Waals surface area (Å²) in [7, 11) is 0. The Morgan fingerprint density at radius 1 is 1.30 bits per heavy atom. The molecule has 0 radical (unpaired) electrons. The number of rotatable bonds is 3. The molecule has 5 heteroatoms. The van der Waals surface area contributed by atoms with E-state index >= 15 is 0 Å². The average molecular weight is 278 g/mol. The number of Topliss-reactive ketones (excluding diaryl/α,β-unsaturated/α-hetero) is 1. The zero-order valence-electron chi connectivity index (χ0n) is 11.6. The number of ketones is 1. The molecule has 108 valence electrons. The third kappa shape index (κ3) is 3.79. The van der Waals surface area contributed by atoms with Crippen molar-refractivity contribution in [2.24, 2.45) is 0 Å². The lowest BCUT2D eigenvalue weighted by molar-refractivity contribution is -0.118. The number of nitrogens with zero attached hydrogens (tertiary/aromatic N) is 1. The molecule has 0 aliphatic carbocycles. The van der Waals surface area contributed by atoms with Gasteiger partial charge >= 0.3 is 6.03 Å². The molecule has 0 spiro atoms. The van der Waals surface area contributed by atoms with Gasteiger partial charge in [0.25, 0.3) is 0 Å². The van der Waals surface area contributed by atoms with Crippen LogP contribution in [0.3, 0.4) is 0 Å². The van der Waals surface area contributed by atoms with Crippen molar-refractivity contribution < 1.29 is 14.0 Å². The number of urea groups is 1. The Morgan fingerprint density at radius 3 is 2.65 bits per heavy atom. The Hall–Kier alpha value is -1.91. The van der Waals surface area contributed by atoms with E-state index in [1.165, 1.54) is 24.3 Å². The number of piperidine rings is 1. The number of hydrogen-bond acceptors (Lipinski definition) is 2. The second-order valence-corrected chi connectivity index (χ2v) is 5.19. The van der Waals surface area contributed by atoms with Gasteiger partial charge in [-0.1, -0.05) is 0 Å². The molecule has 20 heavy (non-hydrogen) atoms. The van der Waals surface area contributed by atoms with Gasteiger partial charge in [-0.2, -0.15) is 0 Å². The van der Waals surface area contributed by atoms with Gasteiger partial charge < -0.3 is 10.2 Å². The van der Waals surface area contributed by atoms with Gasteiger partial charge in [-0.25, -0.2) is 9.18 Å². The third-order valence-electron chi connectivity index (χ3n) is 3.51. The summed E-state index contributed by atoms with van der Waals surface area (Å²) >= 11 is 0. The van der Waals surface area contributed by atoms with Crippen LogP contribution in [0.5, 0.6) is 0 Å². The summed E-state index contributed by atoms with van der Waals surface area (Å²) in [6.07, 6.45) is 3.25. The number of benzene rings is 1. The maximum Gasteiger partial charge on any atom is 0.322 e. The molecule has 1 atom stereocenters. The summed E-state index contributed by atoms with van der Waals surface area (Å²) in [6, 6.07) is 5.41. The minimum Gasteiger partial charge on any atom is -0.321 e. The van der Waals surface area contributed by atoms with Crippen LogP contribution < -0.4 is 5.32 Å². The highest BCUT2D eigenvalue weighted by Gasteiger charge is 2.27. The fourth-order valence-corrected chi connectivity index (χ4v) is 2.54. The number of hydrogen-bond donors (Lipinski definition) is 1. The van der Waals surface area contributed by atoms with Crippen LogP contribution >= 0.6 is 0 Å². The molecule has 0 aromatic heterocycles. The van der Waals surface area contributed by atoms with E-state index in [-0.39, 0.29) is 23.7 Å². The zero-order valence-corrected chi connectivity index (χ0v) is 11.6. The van der Waals surface area contributed by atoms with Gasteiger partial charge in [0.05, 0.1) is 0 Å². The molecule has 1 unspecified atom stereocenters. The van der Waals surface area contributed by atoms with Crippen molar-refractivity contribution in [3.8, 4) is 0 Å². The monoisotopic (exact) mass is 278 g/mol. The fourth-order valence-electron chi connectivity index (χ4n) is 2.54. The van der Waals surface area contributed by atoms with Crippen molar-refractivity contribution in [2.45, 2.75) is 38.6 Å². The van der Waals surface area contributed by atoms with Crippen molar-refractivity contribution >= 4 is 17.5 Å². The first kappa shape index (κ1) is 14.5. The molecule has 0 saturated carbocycles. The SMILES string of the molecule is CC(=O)CC1CCCCN1C(=O)Nc1ccc(F)cc1. The first-order valence-electron chi connectivity index (χ1n) is 6.89. The standard InChI is InChI=1S/C15H19FN2O2/c1-11(19)10-14-4-2-3-9-18(14)15(20)17-13-7-5-12(16)6-8-13/h5-8,14H,2-4,9-10H2,1H3,(H,17,20). The van der Waals surface area contributed by atoms with Gasteiger partial charge in [0.15, 0.2) is 0 Å². The Morgan fingerprint density at radius 2 is 2.00 bits per heavy atom. The number of halogens is 1. The van der Waals surface area contributed by atoms with Crippen molar-refractivity contribution in [2.75, 3.05) is 11.9 Å². The van der Waals surface area contributed by atoms with Crippen LogP contribution in [0.4, 0.5) is 14.9 Å². The second kappa shape index (κ2) is 6.50. The summed E-state index contributed by atoms with van der Waals surface area (Å²) in [6.45, 7) is 2.20. The predicted molar refractivity (Wildman–Crippen MR) is 75.1 cm³/mol. The number of likely N-dealkylation sites (tertiary alicyclic amines) is 1. The zero-order chi connectivity index (χ0) is 14.5. The maximum absolute atomic E-state index is 12.8. The van der Waals surface area contributed by atoms with Crippen LogP contribution in [0.1, 0.15) is 32.6 Å². The largest absolute Gasteiger partial charge is 0.322 e. The van der Waals surface area contributed by atoms with E-state index in [2.05, 4.69) is 5.32 Å². The van der Waals surface area contributed by atoms with Crippen molar-refractivity contribution in [3.05, 3.63) is 30.1 Å². The van der Waals surface area contributed by atoms with Gasteiger partial charge in [0.2, 0.25) is 0 Å². The van der Waals surface area contributed by atoms with E-state index in [0.29, 0.717) is 18.7 Å². The summed E-state index contributed by atoms with van der Waals surface area (Å²) in [4.78, 5) is 25.2. The maximum atomic E-state index is 12.8. The Labute approximate surface area is 118 Å².